The number of esters is 1. The Morgan fingerprint density at radius 1 is 1.04 bits per heavy atom. The number of rotatable bonds is 7. The van der Waals surface area contributed by atoms with Gasteiger partial charge in [0.25, 0.3) is 0 Å². The van der Waals surface area contributed by atoms with Crippen molar-refractivity contribution in [2.45, 2.75) is 89.9 Å². The van der Waals surface area contributed by atoms with E-state index in [1.165, 1.54) is 0 Å². The third-order valence-electron chi connectivity index (χ3n) is 4.58. The minimum atomic E-state index is -1.26. The van der Waals surface area contributed by atoms with Crippen molar-refractivity contribution >= 4 is 11.8 Å². The molecule has 2 rings (SSSR count). The number of ether oxygens (including phenoxy) is 2. The molecular weight excluding hydrogens is 296 g/mol. The first kappa shape index (κ1) is 18.0. The molecule has 2 saturated heterocycles. The largest absolute Gasteiger partial charge is 0.494 e. The summed E-state index contributed by atoms with van der Waals surface area (Å²) in [6.07, 6.45) is 5.93. The maximum Gasteiger partial charge on any atom is 0.345 e. The lowest BCUT2D eigenvalue weighted by molar-refractivity contribution is -0.162. The normalized spacial score (nSPS) is 31.2. The van der Waals surface area contributed by atoms with Gasteiger partial charge in [-0.05, 0) is 25.7 Å². The Morgan fingerprint density at radius 2 is 1.78 bits per heavy atom. The van der Waals surface area contributed by atoms with Crippen LogP contribution >= 0.6 is 0 Å². The Bertz CT molecular complexity index is 468. The van der Waals surface area contributed by atoms with Crippen LogP contribution < -0.4 is 0 Å². The zero-order valence-electron chi connectivity index (χ0n) is 14.2. The fraction of sp³-hybridized carbons (Fsp3) is 0.778. The van der Waals surface area contributed by atoms with Gasteiger partial charge in [-0.15, -0.1) is 0 Å². The monoisotopic (exact) mass is 324 g/mol. The van der Waals surface area contributed by atoms with Crippen molar-refractivity contribution in [2.75, 3.05) is 0 Å². The second-order valence-corrected chi connectivity index (χ2v) is 6.47. The van der Waals surface area contributed by atoms with E-state index in [1.54, 1.807) is 0 Å². The van der Waals surface area contributed by atoms with Crippen LogP contribution in [0.5, 0.6) is 0 Å². The van der Waals surface area contributed by atoms with Crippen molar-refractivity contribution in [1.29, 1.82) is 0 Å². The van der Waals surface area contributed by atoms with E-state index in [4.69, 9.17) is 9.47 Å². The smallest absolute Gasteiger partial charge is 0.345 e. The first-order valence-electron chi connectivity index (χ1n) is 8.91. The number of allylic oxidation sites excluding steroid dienone is 1. The topological polar surface area (TPSA) is 72.8 Å². The zero-order valence-corrected chi connectivity index (χ0v) is 14.2. The van der Waals surface area contributed by atoms with Gasteiger partial charge in [0.05, 0.1) is 6.10 Å². The fourth-order valence-corrected chi connectivity index (χ4v) is 3.17. The molecule has 3 atom stereocenters. The van der Waals surface area contributed by atoms with Crippen LogP contribution in [-0.2, 0) is 19.1 Å². The van der Waals surface area contributed by atoms with Crippen LogP contribution in [0.15, 0.2) is 11.3 Å². The number of hydrogen-bond donors (Lipinski definition) is 1. The van der Waals surface area contributed by atoms with E-state index in [2.05, 4.69) is 13.8 Å². The predicted octanol–water partition coefficient (Wildman–Crippen LogP) is 3.05. The van der Waals surface area contributed by atoms with Crippen LogP contribution in [0.25, 0.3) is 0 Å². The fourth-order valence-electron chi connectivity index (χ4n) is 3.17. The first-order valence-corrected chi connectivity index (χ1v) is 8.91. The maximum absolute atomic E-state index is 12.4. The molecule has 0 spiro atoms. The van der Waals surface area contributed by atoms with E-state index < -0.39 is 24.0 Å². The van der Waals surface area contributed by atoms with Crippen molar-refractivity contribution in [3.05, 3.63) is 11.3 Å². The molecule has 2 fully saturated rings. The van der Waals surface area contributed by atoms with Crippen molar-refractivity contribution in [1.82, 2.24) is 0 Å². The van der Waals surface area contributed by atoms with Gasteiger partial charge in [0, 0.05) is 6.42 Å². The van der Waals surface area contributed by atoms with Crippen molar-refractivity contribution < 1.29 is 24.2 Å². The summed E-state index contributed by atoms with van der Waals surface area (Å²) in [7, 11) is 0. The quantitative estimate of drug-likeness (QED) is 0.337. The lowest BCUT2D eigenvalue weighted by atomic mass is 9.94. The SMILES string of the molecule is CCCCCC1OC(=O)/C(=C2\CCC(CCCC)O2)C(=O)C1O. The molecule has 23 heavy (non-hydrogen) atoms. The average molecular weight is 324 g/mol. The number of cyclic esters (lactones) is 1. The summed E-state index contributed by atoms with van der Waals surface area (Å²) >= 11 is 0. The second kappa shape index (κ2) is 8.48. The van der Waals surface area contributed by atoms with E-state index in [0.29, 0.717) is 18.6 Å². The Hall–Kier alpha value is -1.36. The molecule has 0 aromatic rings. The highest BCUT2D eigenvalue weighted by molar-refractivity contribution is 6.21. The van der Waals surface area contributed by atoms with Crippen LogP contribution in [0.4, 0.5) is 0 Å². The number of ketones is 1. The number of carbonyl (C=O) groups excluding carboxylic acids is 2. The highest BCUT2D eigenvalue weighted by Crippen LogP contribution is 2.32. The van der Waals surface area contributed by atoms with Gasteiger partial charge in [-0.3, -0.25) is 4.79 Å². The molecule has 130 valence electrons. The van der Waals surface area contributed by atoms with Crippen LogP contribution in [-0.4, -0.2) is 35.2 Å². The Kier molecular flexibility index (Phi) is 6.63. The molecule has 0 aliphatic carbocycles. The molecule has 2 heterocycles. The van der Waals surface area contributed by atoms with Crippen molar-refractivity contribution in [2.24, 2.45) is 0 Å². The van der Waals surface area contributed by atoms with Gasteiger partial charge in [0.15, 0.2) is 6.10 Å². The predicted molar refractivity (Wildman–Crippen MR) is 85.7 cm³/mol. The van der Waals surface area contributed by atoms with Crippen molar-refractivity contribution in [3.8, 4) is 0 Å². The zero-order chi connectivity index (χ0) is 16.8. The molecule has 0 aromatic heterocycles. The Labute approximate surface area is 138 Å². The Morgan fingerprint density at radius 3 is 2.48 bits per heavy atom. The van der Waals surface area contributed by atoms with Gasteiger partial charge >= 0.3 is 5.97 Å². The van der Waals surface area contributed by atoms with E-state index in [9.17, 15) is 14.7 Å². The van der Waals surface area contributed by atoms with Gasteiger partial charge in [-0.25, -0.2) is 4.79 Å². The van der Waals surface area contributed by atoms with Crippen LogP contribution in [0.2, 0.25) is 0 Å². The molecule has 2 aliphatic heterocycles. The van der Waals surface area contributed by atoms with Crippen LogP contribution in [0, 0.1) is 0 Å². The number of carbonyl (C=O) groups is 2. The molecule has 0 aromatic carbocycles. The molecule has 1 N–H and O–H groups in total. The lowest BCUT2D eigenvalue weighted by Crippen LogP contribution is -2.46. The van der Waals surface area contributed by atoms with Crippen LogP contribution in [0.1, 0.15) is 71.6 Å². The van der Waals surface area contributed by atoms with Gasteiger partial charge < -0.3 is 14.6 Å². The summed E-state index contributed by atoms with van der Waals surface area (Å²) in [6, 6.07) is 0. The number of aliphatic hydroxyl groups is 1. The number of aliphatic hydroxyl groups excluding tert-OH is 1. The summed E-state index contributed by atoms with van der Waals surface area (Å²) in [6.45, 7) is 4.19. The first-order chi connectivity index (χ1) is 11.1. The van der Waals surface area contributed by atoms with Gasteiger partial charge in [-0.2, -0.15) is 0 Å². The van der Waals surface area contributed by atoms with Crippen LogP contribution in [0.3, 0.4) is 0 Å². The molecule has 0 bridgehead atoms. The number of hydrogen-bond acceptors (Lipinski definition) is 5. The minimum absolute atomic E-state index is 0.0664. The molecular formula is C18H28O5. The van der Waals surface area contributed by atoms with Gasteiger partial charge in [-0.1, -0.05) is 39.5 Å². The summed E-state index contributed by atoms with van der Waals surface area (Å²) in [5, 5.41) is 10.2. The average Bonchev–Trinajstić information content (AvgIpc) is 2.99. The summed E-state index contributed by atoms with van der Waals surface area (Å²) in [4.78, 5) is 24.6. The number of Topliss-reactive ketones (excluding diaryl/α,β-unsaturated/α-hetero) is 1. The molecule has 5 nitrogen and oxygen atoms in total. The van der Waals surface area contributed by atoms with E-state index >= 15 is 0 Å². The maximum atomic E-state index is 12.4. The molecule has 0 radical (unpaired) electrons. The van der Waals surface area contributed by atoms with Gasteiger partial charge in [0.2, 0.25) is 5.78 Å². The molecule has 3 unspecified atom stereocenters. The molecule has 0 amide bonds. The summed E-state index contributed by atoms with van der Waals surface area (Å²) < 4.78 is 11.1. The highest BCUT2D eigenvalue weighted by atomic mass is 16.6. The third-order valence-corrected chi connectivity index (χ3v) is 4.58. The highest BCUT2D eigenvalue weighted by Gasteiger charge is 2.43. The molecule has 2 aliphatic rings. The van der Waals surface area contributed by atoms with E-state index in [1.807, 2.05) is 0 Å². The lowest BCUT2D eigenvalue weighted by Gasteiger charge is -2.28. The molecule has 0 saturated carbocycles. The number of unbranched alkanes of at least 4 members (excludes halogenated alkanes) is 3. The van der Waals surface area contributed by atoms with Crippen molar-refractivity contribution in [3.63, 3.8) is 0 Å². The molecule has 5 heteroatoms. The second-order valence-electron chi connectivity index (χ2n) is 6.47. The van der Waals surface area contributed by atoms with E-state index in [0.717, 1.165) is 44.9 Å². The summed E-state index contributed by atoms with van der Waals surface area (Å²) in [5.74, 6) is -0.756. The van der Waals surface area contributed by atoms with E-state index in [-0.39, 0.29) is 11.7 Å². The standard InChI is InChI=1S/C18H28O5/c1-3-5-7-9-14-16(19)17(20)15(18(21)23-14)13-11-10-12(22-13)8-6-4-2/h12,14,16,19H,3-11H2,1-2H3/b15-13+. The third kappa shape index (κ3) is 4.34. The van der Waals surface area contributed by atoms with Gasteiger partial charge in [0.1, 0.15) is 17.4 Å². The Balaban J connectivity index is 2.03. The summed E-state index contributed by atoms with van der Waals surface area (Å²) in [5.41, 5.74) is -0.0664. The minimum Gasteiger partial charge on any atom is -0.494 e.